The van der Waals surface area contributed by atoms with Crippen molar-refractivity contribution in [3.8, 4) is 0 Å². The first kappa shape index (κ1) is 21.5. The van der Waals surface area contributed by atoms with Crippen molar-refractivity contribution >= 4 is 11.7 Å². The summed E-state index contributed by atoms with van der Waals surface area (Å²) in [6.45, 7) is 3.83. The molecular weight excluding hydrogens is 372 g/mol. The quantitative estimate of drug-likeness (QED) is 0.579. The molecule has 3 N–H and O–H groups in total. The van der Waals surface area contributed by atoms with E-state index in [1.54, 1.807) is 0 Å². The minimum absolute atomic E-state index is 0.0162. The number of Topliss-reactive ketones (excluding diaryl/α,β-unsaturated/α-hetero) is 1. The molecule has 3 aromatic carbocycles. The highest BCUT2D eigenvalue weighted by Gasteiger charge is 2.22. The fourth-order valence-electron chi connectivity index (χ4n) is 3.52. The number of quaternary nitrogens is 1. The maximum absolute atomic E-state index is 12.7. The molecule has 0 saturated heterocycles. The van der Waals surface area contributed by atoms with Crippen molar-refractivity contribution in [2.24, 2.45) is 0 Å². The molecule has 4 nitrogen and oxygen atoms in total. The molecule has 0 aliphatic carbocycles. The van der Waals surface area contributed by atoms with Crippen molar-refractivity contribution in [3.05, 3.63) is 107 Å². The minimum Gasteiger partial charge on any atom is -0.341 e. The molecule has 1 amide bonds. The number of carbonyl (C=O) groups is 2. The van der Waals surface area contributed by atoms with Gasteiger partial charge in [-0.15, -0.1) is 0 Å². The number of hydrogen-bond donors (Lipinski definition) is 2. The van der Waals surface area contributed by atoms with Gasteiger partial charge in [-0.2, -0.15) is 0 Å². The number of hydrogen-bond acceptors (Lipinski definition) is 2. The van der Waals surface area contributed by atoms with Crippen LogP contribution in [0.25, 0.3) is 0 Å². The van der Waals surface area contributed by atoms with Gasteiger partial charge in [0, 0.05) is 11.1 Å². The minimum atomic E-state index is -0.511. The summed E-state index contributed by atoms with van der Waals surface area (Å²) in [5.74, 6) is -0.176. The Kier molecular flexibility index (Phi) is 7.52. The highest BCUT2D eigenvalue weighted by molar-refractivity contribution is 5.88. The van der Waals surface area contributed by atoms with Gasteiger partial charge in [-0.3, -0.25) is 9.59 Å². The van der Waals surface area contributed by atoms with E-state index in [0.29, 0.717) is 6.42 Å². The number of nitrogens with two attached hydrogens (primary N) is 1. The monoisotopic (exact) mass is 401 g/mol. The summed E-state index contributed by atoms with van der Waals surface area (Å²) in [7, 11) is 0. The van der Waals surface area contributed by atoms with Crippen molar-refractivity contribution in [1.29, 1.82) is 0 Å². The van der Waals surface area contributed by atoms with Crippen LogP contribution in [0.5, 0.6) is 0 Å². The second-order valence-corrected chi connectivity index (χ2v) is 7.66. The van der Waals surface area contributed by atoms with Gasteiger partial charge in [0.25, 0.3) is 5.91 Å². The third kappa shape index (κ3) is 6.13. The van der Waals surface area contributed by atoms with Gasteiger partial charge >= 0.3 is 0 Å². The Balaban J connectivity index is 1.67. The summed E-state index contributed by atoms with van der Waals surface area (Å²) in [5.41, 5.74) is 4.52. The Morgan fingerprint density at radius 1 is 0.833 bits per heavy atom. The number of amides is 1. The van der Waals surface area contributed by atoms with Crippen LogP contribution in [0.15, 0.2) is 84.9 Å². The average molecular weight is 402 g/mol. The molecule has 4 heteroatoms. The van der Waals surface area contributed by atoms with E-state index in [0.717, 1.165) is 16.7 Å². The van der Waals surface area contributed by atoms with Gasteiger partial charge in [0.1, 0.15) is 6.04 Å². The zero-order valence-electron chi connectivity index (χ0n) is 17.5. The van der Waals surface area contributed by atoms with E-state index < -0.39 is 6.04 Å². The van der Waals surface area contributed by atoms with E-state index >= 15 is 0 Å². The first-order valence-corrected chi connectivity index (χ1v) is 10.3. The Labute approximate surface area is 178 Å². The first-order chi connectivity index (χ1) is 14.5. The summed E-state index contributed by atoms with van der Waals surface area (Å²) in [5, 5.41) is 4.94. The maximum Gasteiger partial charge on any atom is 0.275 e. The first-order valence-electron chi connectivity index (χ1n) is 10.3. The third-order valence-electron chi connectivity index (χ3n) is 5.24. The van der Waals surface area contributed by atoms with Crippen LogP contribution in [0.2, 0.25) is 0 Å². The van der Waals surface area contributed by atoms with Crippen molar-refractivity contribution < 1.29 is 14.9 Å². The average Bonchev–Trinajstić information content (AvgIpc) is 2.76. The second-order valence-electron chi connectivity index (χ2n) is 7.66. The van der Waals surface area contributed by atoms with E-state index in [9.17, 15) is 9.59 Å². The van der Waals surface area contributed by atoms with Crippen LogP contribution in [0.1, 0.15) is 35.2 Å². The summed E-state index contributed by atoms with van der Waals surface area (Å²) >= 11 is 0. The molecule has 3 rings (SSSR count). The van der Waals surface area contributed by atoms with Crippen LogP contribution in [-0.4, -0.2) is 24.3 Å². The summed E-state index contributed by atoms with van der Waals surface area (Å²) in [6.07, 6.45) is 0.502. The van der Waals surface area contributed by atoms with Crippen molar-refractivity contribution in [2.45, 2.75) is 32.4 Å². The predicted molar refractivity (Wildman–Crippen MR) is 119 cm³/mol. The number of benzene rings is 3. The molecule has 0 heterocycles. The molecule has 0 bridgehead atoms. The van der Waals surface area contributed by atoms with Crippen molar-refractivity contribution in [2.75, 3.05) is 6.54 Å². The molecular formula is C26H29N2O2+. The van der Waals surface area contributed by atoms with Gasteiger partial charge in [0.05, 0.1) is 6.04 Å². The zero-order chi connectivity index (χ0) is 21.3. The molecule has 0 aliphatic heterocycles. The molecule has 3 aromatic rings. The Morgan fingerprint density at radius 3 is 2.00 bits per heavy atom. The Bertz CT molecular complexity index is 953. The SMILES string of the molecule is CC(=O)[C@@H](Cc1ccccc1)NC(=O)C[NH2+][C@@H](c1ccccc1)c1ccc(C)cc1. The van der Waals surface area contributed by atoms with E-state index in [2.05, 4.69) is 48.6 Å². The predicted octanol–water partition coefficient (Wildman–Crippen LogP) is 2.96. The topological polar surface area (TPSA) is 62.8 Å². The number of ketones is 1. The molecule has 0 spiro atoms. The van der Waals surface area contributed by atoms with Crippen molar-refractivity contribution in [1.82, 2.24) is 5.32 Å². The normalized spacial score (nSPS) is 12.7. The summed E-state index contributed by atoms with van der Waals surface area (Å²) < 4.78 is 0. The lowest BCUT2D eigenvalue weighted by Gasteiger charge is -2.19. The fourth-order valence-corrected chi connectivity index (χ4v) is 3.52. The van der Waals surface area contributed by atoms with Gasteiger partial charge in [-0.05, 0) is 25.8 Å². The van der Waals surface area contributed by atoms with Gasteiger partial charge in [-0.25, -0.2) is 0 Å². The largest absolute Gasteiger partial charge is 0.341 e. The Morgan fingerprint density at radius 2 is 1.40 bits per heavy atom. The molecule has 0 saturated carbocycles. The number of carbonyl (C=O) groups excluding carboxylic acids is 2. The highest BCUT2D eigenvalue weighted by atomic mass is 16.2. The highest BCUT2D eigenvalue weighted by Crippen LogP contribution is 2.18. The smallest absolute Gasteiger partial charge is 0.275 e. The lowest BCUT2D eigenvalue weighted by molar-refractivity contribution is -0.676. The molecule has 2 atom stereocenters. The van der Waals surface area contributed by atoms with E-state index in [4.69, 9.17) is 0 Å². The Hall–Kier alpha value is -3.24. The van der Waals surface area contributed by atoms with Gasteiger partial charge in [0.15, 0.2) is 12.3 Å². The molecule has 154 valence electrons. The number of rotatable bonds is 9. The van der Waals surface area contributed by atoms with Gasteiger partial charge < -0.3 is 10.6 Å². The lowest BCUT2D eigenvalue weighted by Crippen LogP contribution is -2.88. The molecule has 0 unspecified atom stereocenters. The fraction of sp³-hybridized carbons (Fsp3) is 0.231. The van der Waals surface area contributed by atoms with E-state index in [1.165, 1.54) is 12.5 Å². The molecule has 0 radical (unpaired) electrons. The van der Waals surface area contributed by atoms with Gasteiger partial charge in [-0.1, -0.05) is 90.5 Å². The molecule has 30 heavy (non-hydrogen) atoms. The van der Waals surface area contributed by atoms with Gasteiger partial charge in [0.2, 0.25) is 0 Å². The summed E-state index contributed by atoms with van der Waals surface area (Å²) in [4.78, 5) is 24.7. The van der Waals surface area contributed by atoms with Crippen LogP contribution in [0, 0.1) is 6.92 Å². The lowest BCUT2D eigenvalue weighted by atomic mass is 9.98. The molecule has 0 fully saturated rings. The van der Waals surface area contributed by atoms with E-state index in [1.807, 2.05) is 53.8 Å². The number of nitrogens with one attached hydrogen (secondary N) is 1. The number of aryl methyl sites for hydroxylation is 1. The van der Waals surface area contributed by atoms with Crippen LogP contribution >= 0.6 is 0 Å². The molecule has 0 aliphatic rings. The van der Waals surface area contributed by atoms with E-state index in [-0.39, 0.29) is 24.3 Å². The van der Waals surface area contributed by atoms with Crippen molar-refractivity contribution in [3.63, 3.8) is 0 Å². The zero-order valence-corrected chi connectivity index (χ0v) is 17.5. The third-order valence-corrected chi connectivity index (χ3v) is 5.24. The second kappa shape index (κ2) is 10.5. The van der Waals surface area contributed by atoms with Crippen LogP contribution < -0.4 is 10.6 Å². The van der Waals surface area contributed by atoms with Crippen LogP contribution in [-0.2, 0) is 16.0 Å². The standard InChI is InChI=1S/C26H28N2O2/c1-19-13-15-23(16-14-19)26(22-11-7-4-8-12-22)27-18-25(30)28-24(20(2)29)17-21-9-5-3-6-10-21/h3-16,24,26-27H,17-18H2,1-2H3,(H,28,30)/p+1/t24-,26+/m1/s1. The van der Waals surface area contributed by atoms with Crippen LogP contribution in [0.4, 0.5) is 0 Å². The van der Waals surface area contributed by atoms with Crippen LogP contribution in [0.3, 0.4) is 0 Å². The molecule has 0 aromatic heterocycles. The summed E-state index contributed by atoms with van der Waals surface area (Å²) in [6, 6.07) is 27.8. The maximum atomic E-state index is 12.7.